The molecule has 0 unspecified atom stereocenters. The van der Waals surface area contributed by atoms with E-state index in [1.54, 1.807) is 0 Å². The number of nitrogens with one attached hydrogen (secondary N) is 1. The van der Waals surface area contributed by atoms with Gasteiger partial charge in [-0.3, -0.25) is 9.48 Å². The molecule has 144 valence electrons. The highest BCUT2D eigenvalue weighted by molar-refractivity contribution is 5.79. The van der Waals surface area contributed by atoms with Gasteiger partial charge in [-0.15, -0.1) is 0 Å². The molecular weight excluding hydrogens is 338 g/mol. The summed E-state index contributed by atoms with van der Waals surface area (Å²) in [6.07, 6.45) is 6.83. The minimum atomic E-state index is 0.128. The van der Waals surface area contributed by atoms with Crippen molar-refractivity contribution in [1.82, 2.24) is 20.0 Å². The molecule has 3 heterocycles. The van der Waals surface area contributed by atoms with Crippen molar-refractivity contribution < 1.29 is 4.79 Å². The van der Waals surface area contributed by atoms with Gasteiger partial charge in [0.05, 0.1) is 12.2 Å². The van der Waals surface area contributed by atoms with Gasteiger partial charge in [0, 0.05) is 69.6 Å². The van der Waals surface area contributed by atoms with Gasteiger partial charge in [-0.25, -0.2) is 0 Å². The zero-order valence-corrected chi connectivity index (χ0v) is 16.2. The normalized spacial score (nSPS) is 24.0. The van der Waals surface area contributed by atoms with E-state index in [4.69, 9.17) is 0 Å². The van der Waals surface area contributed by atoms with E-state index >= 15 is 0 Å². The second kappa shape index (κ2) is 7.72. The van der Waals surface area contributed by atoms with Crippen LogP contribution in [-0.4, -0.2) is 53.3 Å². The molecule has 2 aliphatic rings. The van der Waals surface area contributed by atoms with E-state index in [2.05, 4.69) is 45.6 Å². The van der Waals surface area contributed by atoms with Crippen LogP contribution in [0.5, 0.6) is 0 Å². The van der Waals surface area contributed by atoms with Crippen LogP contribution < -0.4 is 10.2 Å². The van der Waals surface area contributed by atoms with E-state index in [-0.39, 0.29) is 11.9 Å². The van der Waals surface area contributed by atoms with Gasteiger partial charge in [-0.2, -0.15) is 5.10 Å². The number of para-hydroxylation sites is 1. The summed E-state index contributed by atoms with van der Waals surface area (Å²) in [5, 5.41) is 8.05. The zero-order chi connectivity index (χ0) is 18.8. The molecule has 0 bridgehead atoms. The van der Waals surface area contributed by atoms with Gasteiger partial charge >= 0.3 is 0 Å². The number of anilines is 1. The minimum absolute atomic E-state index is 0.128. The first-order valence-corrected chi connectivity index (χ1v) is 9.89. The second-order valence-corrected chi connectivity index (χ2v) is 7.87. The molecule has 2 fully saturated rings. The van der Waals surface area contributed by atoms with Crippen LogP contribution in [0.3, 0.4) is 0 Å². The Labute approximate surface area is 161 Å². The van der Waals surface area contributed by atoms with Crippen molar-refractivity contribution in [2.24, 2.45) is 13.0 Å². The summed E-state index contributed by atoms with van der Waals surface area (Å²) in [4.78, 5) is 16.6. The van der Waals surface area contributed by atoms with Crippen molar-refractivity contribution in [3.05, 3.63) is 48.3 Å². The Morgan fingerprint density at radius 3 is 2.56 bits per heavy atom. The van der Waals surface area contributed by atoms with E-state index in [1.807, 2.05) is 36.1 Å². The van der Waals surface area contributed by atoms with Crippen molar-refractivity contribution in [2.45, 2.75) is 31.3 Å². The molecular formula is C21H29N5O. The molecule has 4 rings (SSSR count). The third kappa shape index (κ3) is 3.86. The number of hydrogen-bond acceptors (Lipinski definition) is 4. The van der Waals surface area contributed by atoms with Crippen LogP contribution in [-0.2, 0) is 11.8 Å². The first kappa shape index (κ1) is 18.0. The van der Waals surface area contributed by atoms with Gasteiger partial charge in [-0.05, 0) is 25.0 Å². The maximum atomic E-state index is 12.3. The number of benzene rings is 1. The average Bonchev–Trinajstić information content (AvgIpc) is 3.24. The molecule has 0 aliphatic carbocycles. The fraction of sp³-hybridized carbons (Fsp3) is 0.524. The summed E-state index contributed by atoms with van der Waals surface area (Å²) < 4.78 is 1.82. The van der Waals surface area contributed by atoms with Crippen LogP contribution in [0, 0.1) is 5.92 Å². The number of aromatic nitrogens is 2. The topological polar surface area (TPSA) is 53.4 Å². The van der Waals surface area contributed by atoms with Crippen LogP contribution in [0.4, 0.5) is 5.69 Å². The molecule has 0 spiro atoms. The molecule has 27 heavy (non-hydrogen) atoms. The first-order chi connectivity index (χ1) is 13.1. The summed E-state index contributed by atoms with van der Waals surface area (Å²) >= 11 is 0. The van der Waals surface area contributed by atoms with Gasteiger partial charge in [0.2, 0.25) is 5.91 Å². The Morgan fingerprint density at radius 2 is 1.89 bits per heavy atom. The highest BCUT2D eigenvalue weighted by Crippen LogP contribution is 2.36. The lowest BCUT2D eigenvalue weighted by Crippen LogP contribution is -2.44. The average molecular weight is 367 g/mol. The van der Waals surface area contributed by atoms with Crippen LogP contribution >= 0.6 is 0 Å². The van der Waals surface area contributed by atoms with Crippen molar-refractivity contribution in [3.63, 3.8) is 0 Å². The maximum absolute atomic E-state index is 12.3. The lowest BCUT2D eigenvalue weighted by molar-refractivity contribution is -0.127. The van der Waals surface area contributed by atoms with Crippen molar-refractivity contribution in [1.29, 1.82) is 0 Å². The third-order valence-electron chi connectivity index (χ3n) is 6.05. The number of piperidine rings is 1. The minimum Gasteiger partial charge on any atom is -0.371 e. The third-order valence-corrected chi connectivity index (χ3v) is 6.05. The monoisotopic (exact) mass is 367 g/mol. The Bertz CT molecular complexity index is 766. The summed E-state index contributed by atoms with van der Waals surface area (Å²) in [6.45, 7) is 3.04. The van der Waals surface area contributed by atoms with Crippen LogP contribution in [0.15, 0.2) is 42.7 Å². The summed E-state index contributed by atoms with van der Waals surface area (Å²) in [7, 11) is 3.84. The number of nitrogens with zero attached hydrogens (tertiary/aromatic N) is 4. The number of amides is 1. The number of hydrogen-bond donors (Lipinski definition) is 1. The molecule has 6 nitrogen and oxygen atoms in total. The Morgan fingerprint density at radius 1 is 1.15 bits per heavy atom. The standard InChI is InChI=1S/C21H29N5O/c1-24-15-17(14-23-24)21-16(12-20(27)25(21)2)13-22-18-8-10-26(11-9-18)19-6-4-3-5-7-19/h3-7,14-16,18,21-22H,8-13H2,1-2H3/t16-,21+/m0/s1. The van der Waals surface area contributed by atoms with E-state index < -0.39 is 0 Å². The van der Waals surface area contributed by atoms with Gasteiger partial charge in [0.25, 0.3) is 0 Å². The quantitative estimate of drug-likeness (QED) is 0.880. The van der Waals surface area contributed by atoms with Crippen molar-refractivity contribution >= 4 is 11.6 Å². The van der Waals surface area contributed by atoms with Gasteiger partial charge in [-0.1, -0.05) is 18.2 Å². The number of aryl methyl sites for hydroxylation is 1. The molecule has 2 saturated heterocycles. The van der Waals surface area contributed by atoms with E-state index in [0.29, 0.717) is 18.4 Å². The number of carbonyl (C=O) groups excluding carboxylic acids is 1. The van der Waals surface area contributed by atoms with Crippen molar-refractivity contribution in [2.75, 3.05) is 31.6 Å². The lowest BCUT2D eigenvalue weighted by atomic mass is 9.94. The van der Waals surface area contributed by atoms with Crippen LogP contribution in [0.1, 0.15) is 30.9 Å². The number of rotatable bonds is 5. The Kier molecular flexibility index (Phi) is 5.16. The number of likely N-dealkylation sites (tertiary alicyclic amines) is 1. The summed E-state index contributed by atoms with van der Waals surface area (Å²) in [5.74, 6) is 0.536. The number of carbonyl (C=O) groups is 1. The summed E-state index contributed by atoms with van der Waals surface area (Å²) in [6, 6.07) is 11.3. The largest absolute Gasteiger partial charge is 0.371 e. The van der Waals surface area contributed by atoms with Gasteiger partial charge in [0.1, 0.15) is 0 Å². The maximum Gasteiger partial charge on any atom is 0.223 e. The van der Waals surface area contributed by atoms with E-state index in [0.717, 1.165) is 38.0 Å². The lowest BCUT2D eigenvalue weighted by Gasteiger charge is -2.35. The Hall–Kier alpha value is -2.34. The molecule has 1 aromatic carbocycles. The van der Waals surface area contributed by atoms with Crippen molar-refractivity contribution in [3.8, 4) is 0 Å². The van der Waals surface area contributed by atoms with E-state index in [1.165, 1.54) is 5.69 Å². The molecule has 1 N–H and O–H groups in total. The van der Waals surface area contributed by atoms with Crippen LogP contribution in [0.25, 0.3) is 0 Å². The predicted octanol–water partition coefficient (Wildman–Crippen LogP) is 2.20. The molecule has 1 aromatic heterocycles. The first-order valence-electron chi connectivity index (χ1n) is 9.89. The fourth-order valence-corrected chi connectivity index (χ4v) is 4.52. The molecule has 2 aromatic rings. The zero-order valence-electron chi connectivity index (χ0n) is 16.2. The van der Waals surface area contributed by atoms with Gasteiger partial charge in [0.15, 0.2) is 0 Å². The summed E-state index contributed by atoms with van der Waals surface area (Å²) in [5.41, 5.74) is 2.45. The molecule has 2 aliphatic heterocycles. The highest BCUT2D eigenvalue weighted by atomic mass is 16.2. The smallest absolute Gasteiger partial charge is 0.223 e. The molecule has 0 radical (unpaired) electrons. The molecule has 0 saturated carbocycles. The highest BCUT2D eigenvalue weighted by Gasteiger charge is 2.39. The van der Waals surface area contributed by atoms with Gasteiger partial charge < -0.3 is 15.1 Å². The molecule has 2 atom stereocenters. The predicted molar refractivity (Wildman–Crippen MR) is 107 cm³/mol. The SMILES string of the molecule is CN1C(=O)C[C@@H](CNC2CCN(c3ccccc3)CC2)[C@@H]1c1cnn(C)c1. The molecule has 1 amide bonds. The van der Waals surface area contributed by atoms with E-state index in [9.17, 15) is 4.79 Å². The Balaban J connectivity index is 1.32. The molecule has 6 heteroatoms. The van der Waals surface area contributed by atoms with Crippen LogP contribution in [0.2, 0.25) is 0 Å². The second-order valence-electron chi connectivity index (χ2n) is 7.87. The fourth-order valence-electron chi connectivity index (χ4n) is 4.52.